The molecule has 14 heavy (non-hydrogen) atoms. The fourth-order valence-corrected chi connectivity index (χ4v) is 1.28. The summed E-state index contributed by atoms with van der Waals surface area (Å²) in [4.78, 5) is 11.5. The zero-order valence-corrected chi connectivity index (χ0v) is 10.3. The van der Waals surface area contributed by atoms with E-state index in [1.54, 1.807) is 12.1 Å². The van der Waals surface area contributed by atoms with Crippen molar-refractivity contribution in [1.29, 1.82) is 0 Å². The molecule has 0 aliphatic rings. The number of rotatable bonds is 3. The third-order valence-electron chi connectivity index (χ3n) is 1.91. The highest BCUT2D eigenvalue weighted by Gasteiger charge is 2.12. The average molecular weight is 279 g/mol. The summed E-state index contributed by atoms with van der Waals surface area (Å²) in [6.45, 7) is 1.90. The molecule has 2 nitrogen and oxygen atoms in total. The molecule has 1 atom stereocenters. The van der Waals surface area contributed by atoms with Gasteiger partial charge in [-0.25, -0.2) is 0 Å². The number of carbonyl (C=O) groups is 1. The van der Waals surface area contributed by atoms with Crippen LogP contribution in [0.5, 0.6) is 0 Å². The molecule has 0 radical (unpaired) electrons. The van der Waals surface area contributed by atoms with Crippen LogP contribution in [0.3, 0.4) is 0 Å². The highest BCUT2D eigenvalue weighted by molar-refractivity contribution is 9.10. The molecular weight excluding hydrogens is 265 g/mol. The van der Waals surface area contributed by atoms with Crippen LogP contribution < -0.4 is 5.73 Å². The van der Waals surface area contributed by atoms with Gasteiger partial charge < -0.3 is 5.73 Å². The van der Waals surface area contributed by atoms with Crippen molar-refractivity contribution in [1.82, 2.24) is 0 Å². The first-order valence-electron chi connectivity index (χ1n) is 4.20. The molecule has 1 unspecified atom stereocenters. The van der Waals surface area contributed by atoms with Gasteiger partial charge in [0.05, 0.1) is 6.04 Å². The second kappa shape index (κ2) is 6.17. The van der Waals surface area contributed by atoms with E-state index in [1.807, 2.05) is 19.1 Å². The van der Waals surface area contributed by atoms with E-state index in [1.165, 1.54) is 0 Å². The van der Waals surface area contributed by atoms with E-state index in [2.05, 4.69) is 15.9 Å². The molecule has 0 saturated carbocycles. The predicted octanol–water partition coefficient (Wildman–Crippen LogP) is 2.79. The SMILES string of the molecule is CCC(N)C(=O)c1ccc(Br)cc1.Cl. The van der Waals surface area contributed by atoms with Gasteiger partial charge in [-0.2, -0.15) is 0 Å². The summed E-state index contributed by atoms with van der Waals surface area (Å²) in [7, 11) is 0. The largest absolute Gasteiger partial charge is 0.321 e. The molecule has 0 aliphatic carbocycles. The lowest BCUT2D eigenvalue weighted by atomic mass is 10.0. The van der Waals surface area contributed by atoms with Gasteiger partial charge in [0.15, 0.2) is 5.78 Å². The first-order valence-corrected chi connectivity index (χ1v) is 4.99. The predicted molar refractivity (Wildman–Crippen MR) is 64.0 cm³/mol. The molecule has 0 heterocycles. The minimum absolute atomic E-state index is 0. The first kappa shape index (κ1) is 13.6. The second-order valence-electron chi connectivity index (χ2n) is 2.89. The van der Waals surface area contributed by atoms with E-state index in [9.17, 15) is 4.79 Å². The lowest BCUT2D eigenvalue weighted by molar-refractivity contribution is 0.0959. The number of hydrogen-bond acceptors (Lipinski definition) is 2. The van der Waals surface area contributed by atoms with Gasteiger partial charge in [0.2, 0.25) is 0 Å². The second-order valence-corrected chi connectivity index (χ2v) is 3.80. The van der Waals surface area contributed by atoms with Crippen molar-refractivity contribution in [2.45, 2.75) is 19.4 Å². The Hall–Kier alpha value is -0.380. The molecule has 0 amide bonds. The molecule has 1 aromatic rings. The van der Waals surface area contributed by atoms with Gasteiger partial charge in [0.1, 0.15) is 0 Å². The van der Waals surface area contributed by atoms with Crippen LogP contribution in [-0.4, -0.2) is 11.8 Å². The molecule has 2 N–H and O–H groups in total. The summed E-state index contributed by atoms with van der Waals surface area (Å²) >= 11 is 3.31. The molecule has 4 heteroatoms. The van der Waals surface area contributed by atoms with E-state index in [0.29, 0.717) is 12.0 Å². The Morgan fingerprint density at radius 1 is 1.43 bits per heavy atom. The first-order chi connectivity index (χ1) is 6.15. The van der Waals surface area contributed by atoms with Gasteiger partial charge >= 0.3 is 0 Å². The molecule has 0 bridgehead atoms. The van der Waals surface area contributed by atoms with Crippen LogP contribution in [0.25, 0.3) is 0 Å². The number of nitrogens with two attached hydrogens (primary N) is 1. The Bertz CT molecular complexity index is 299. The highest BCUT2D eigenvalue weighted by Crippen LogP contribution is 2.12. The minimum Gasteiger partial charge on any atom is -0.321 e. The van der Waals surface area contributed by atoms with E-state index in [-0.39, 0.29) is 24.2 Å². The standard InChI is InChI=1S/C10H12BrNO.ClH/c1-2-9(12)10(13)7-3-5-8(11)6-4-7;/h3-6,9H,2,12H2,1H3;1H. The van der Waals surface area contributed by atoms with Crippen LogP contribution in [0.1, 0.15) is 23.7 Å². The Morgan fingerprint density at radius 3 is 2.36 bits per heavy atom. The van der Waals surface area contributed by atoms with Crippen molar-refractivity contribution in [2.75, 3.05) is 0 Å². The van der Waals surface area contributed by atoms with Crippen LogP contribution in [-0.2, 0) is 0 Å². The Labute approximate surface area is 98.4 Å². The zero-order valence-electron chi connectivity index (χ0n) is 7.87. The number of hydrogen-bond donors (Lipinski definition) is 1. The summed E-state index contributed by atoms with van der Waals surface area (Å²) in [6.07, 6.45) is 0.675. The van der Waals surface area contributed by atoms with E-state index >= 15 is 0 Å². The average Bonchev–Trinajstić information content (AvgIpc) is 2.17. The minimum atomic E-state index is -0.374. The molecule has 0 saturated heterocycles. The van der Waals surface area contributed by atoms with Crippen molar-refractivity contribution < 1.29 is 4.79 Å². The van der Waals surface area contributed by atoms with E-state index in [4.69, 9.17) is 5.73 Å². The lowest BCUT2D eigenvalue weighted by Crippen LogP contribution is -2.29. The Kier molecular flexibility index (Phi) is 6.00. The summed E-state index contributed by atoms with van der Waals surface area (Å²) in [6, 6.07) is 6.87. The quantitative estimate of drug-likeness (QED) is 0.864. The van der Waals surface area contributed by atoms with Crippen LogP contribution in [0.15, 0.2) is 28.7 Å². The number of halogens is 2. The smallest absolute Gasteiger partial charge is 0.179 e. The molecular formula is C10H13BrClNO. The molecule has 0 fully saturated rings. The van der Waals surface area contributed by atoms with Crippen molar-refractivity contribution in [2.24, 2.45) is 5.73 Å². The zero-order chi connectivity index (χ0) is 9.84. The van der Waals surface area contributed by atoms with Crippen LogP contribution in [0, 0.1) is 0 Å². The number of benzene rings is 1. The Morgan fingerprint density at radius 2 is 1.93 bits per heavy atom. The molecule has 78 valence electrons. The van der Waals surface area contributed by atoms with Gasteiger partial charge in [-0.15, -0.1) is 12.4 Å². The van der Waals surface area contributed by atoms with Crippen molar-refractivity contribution in [3.63, 3.8) is 0 Å². The topological polar surface area (TPSA) is 43.1 Å². The van der Waals surface area contributed by atoms with Crippen molar-refractivity contribution in [3.8, 4) is 0 Å². The maximum atomic E-state index is 11.5. The maximum Gasteiger partial charge on any atom is 0.179 e. The summed E-state index contributed by atoms with van der Waals surface area (Å²) in [5.74, 6) is 0.00926. The van der Waals surface area contributed by atoms with Gasteiger partial charge in [-0.1, -0.05) is 35.0 Å². The highest BCUT2D eigenvalue weighted by atomic mass is 79.9. The normalized spacial score (nSPS) is 11.6. The Balaban J connectivity index is 0.00000169. The third kappa shape index (κ3) is 3.40. The van der Waals surface area contributed by atoms with Gasteiger partial charge in [-0.05, 0) is 18.6 Å². The summed E-state index contributed by atoms with van der Waals surface area (Å²) in [5, 5.41) is 0. The van der Waals surface area contributed by atoms with E-state index in [0.717, 1.165) is 4.47 Å². The molecule has 0 spiro atoms. The third-order valence-corrected chi connectivity index (χ3v) is 2.43. The molecule has 1 aromatic carbocycles. The lowest BCUT2D eigenvalue weighted by Gasteiger charge is -2.06. The number of carbonyl (C=O) groups excluding carboxylic acids is 1. The van der Waals surface area contributed by atoms with Crippen molar-refractivity contribution in [3.05, 3.63) is 34.3 Å². The fourth-order valence-electron chi connectivity index (χ4n) is 1.01. The number of Topliss-reactive ketones (excluding diaryl/α,β-unsaturated/α-hetero) is 1. The molecule has 0 aromatic heterocycles. The van der Waals surface area contributed by atoms with Crippen molar-refractivity contribution >= 4 is 34.1 Å². The molecule has 1 rings (SSSR count). The van der Waals surface area contributed by atoms with Crippen LogP contribution in [0.4, 0.5) is 0 Å². The van der Waals surface area contributed by atoms with E-state index < -0.39 is 0 Å². The van der Waals surface area contributed by atoms with Crippen LogP contribution >= 0.6 is 28.3 Å². The molecule has 0 aliphatic heterocycles. The monoisotopic (exact) mass is 277 g/mol. The summed E-state index contributed by atoms with van der Waals surface area (Å²) in [5.41, 5.74) is 6.30. The summed E-state index contributed by atoms with van der Waals surface area (Å²) < 4.78 is 0.967. The van der Waals surface area contributed by atoms with Gasteiger partial charge in [-0.3, -0.25) is 4.79 Å². The fraction of sp³-hybridized carbons (Fsp3) is 0.300. The number of ketones is 1. The van der Waals surface area contributed by atoms with Gasteiger partial charge in [0.25, 0.3) is 0 Å². The van der Waals surface area contributed by atoms with Crippen LogP contribution in [0.2, 0.25) is 0 Å². The van der Waals surface area contributed by atoms with Gasteiger partial charge in [0, 0.05) is 10.0 Å². The maximum absolute atomic E-state index is 11.5.